The lowest BCUT2D eigenvalue weighted by atomic mass is 9.99. The molecule has 1 aromatic carbocycles. The first-order valence-electron chi connectivity index (χ1n) is 7.16. The largest absolute Gasteiger partial charge is 0.492 e. The molecule has 0 spiro atoms. The highest BCUT2D eigenvalue weighted by Crippen LogP contribution is 2.23. The van der Waals surface area contributed by atoms with E-state index in [9.17, 15) is 8.42 Å². The van der Waals surface area contributed by atoms with Crippen LogP contribution in [0.3, 0.4) is 0 Å². The standard InChI is InChI=1S/C15H20N2O4S/c1-22(19,20)17-6-4-12(5-7-17)11-21-15-3-2-13(10-18)8-14(15)9-16/h2-3,8,12,18H,4-7,10-11H2,1H3. The highest BCUT2D eigenvalue weighted by atomic mass is 32.2. The summed E-state index contributed by atoms with van der Waals surface area (Å²) in [4.78, 5) is 0. The first-order valence-corrected chi connectivity index (χ1v) is 9.00. The number of nitriles is 1. The van der Waals surface area contributed by atoms with E-state index < -0.39 is 10.0 Å². The normalized spacial score (nSPS) is 17.1. The summed E-state index contributed by atoms with van der Waals surface area (Å²) in [6.07, 6.45) is 2.74. The lowest BCUT2D eigenvalue weighted by Gasteiger charge is -2.30. The molecule has 1 heterocycles. The van der Waals surface area contributed by atoms with E-state index in [2.05, 4.69) is 6.07 Å². The number of ether oxygens (including phenoxy) is 1. The molecule has 22 heavy (non-hydrogen) atoms. The zero-order chi connectivity index (χ0) is 16.2. The van der Waals surface area contributed by atoms with Gasteiger partial charge in [-0.2, -0.15) is 5.26 Å². The van der Waals surface area contributed by atoms with Crippen LogP contribution in [-0.2, 0) is 16.6 Å². The van der Waals surface area contributed by atoms with Crippen LogP contribution < -0.4 is 4.74 Å². The molecule has 2 rings (SSSR count). The van der Waals surface area contributed by atoms with E-state index in [0.717, 1.165) is 12.8 Å². The number of piperidine rings is 1. The fourth-order valence-corrected chi connectivity index (χ4v) is 3.38. The minimum atomic E-state index is -3.11. The SMILES string of the molecule is CS(=O)(=O)N1CCC(COc2ccc(CO)cc2C#N)CC1. The molecule has 0 aliphatic carbocycles. The maximum atomic E-state index is 11.5. The van der Waals surface area contributed by atoms with E-state index in [0.29, 0.717) is 36.6 Å². The average Bonchev–Trinajstić information content (AvgIpc) is 2.52. The molecule has 1 aliphatic heterocycles. The van der Waals surface area contributed by atoms with Gasteiger partial charge in [-0.1, -0.05) is 6.07 Å². The van der Waals surface area contributed by atoms with Crippen LogP contribution in [0.4, 0.5) is 0 Å². The number of aliphatic hydroxyl groups excluding tert-OH is 1. The predicted molar refractivity (Wildman–Crippen MR) is 81.7 cm³/mol. The fraction of sp³-hybridized carbons (Fsp3) is 0.533. The van der Waals surface area contributed by atoms with Gasteiger partial charge in [0, 0.05) is 13.1 Å². The summed E-state index contributed by atoms with van der Waals surface area (Å²) in [5.41, 5.74) is 1.07. The first-order chi connectivity index (χ1) is 10.4. The summed E-state index contributed by atoms with van der Waals surface area (Å²) >= 11 is 0. The van der Waals surface area contributed by atoms with Crippen LogP contribution in [0.2, 0.25) is 0 Å². The number of benzene rings is 1. The number of sulfonamides is 1. The van der Waals surface area contributed by atoms with Crippen molar-refractivity contribution in [3.63, 3.8) is 0 Å². The van der Waals surface area contributed by atoms with E-state index in [1.54, 1.807) is 18.2 Å². The summed E-state index contributed by atoms with van der Waals surface area (Å²) in [6.45, 7) is 1.38. The second-order valence-electron chi connectivity index (χ2n) is 5.52. The highest BCUT2D eigenvalue weighted by Gasteiger charge is 2.25. The van der Waals surface area contributed by atoms with Crippen LogP contribution in [0.25, 0.3) is 0 Å². The van der Waals surface area contributed by atoms with Crippen LogP contribution in [0.15, 0.2) is 18.2 Å². The molecular formula is C15H20N2O4S. The van der Waals surface area contributed by atoms with E-state index in [1.165, 1.54) is 10.6 Å². The lowest BCUT2D eigenvalue weighted by Crippen LogP contribution is -2.39. The van der Waals surface area contributed by atoms with Crippen LogP contribution in [0.5, 0.6) is 5.75 Å². The smallest absolute Gasteiger partial charge is 0.211 e. The topological polar surface area (TPSA) is 90.6 Å². The Morgan fingerprint density at radius 1 is 1.41 bits per heavy atom. The van der Waals surface area contributed by atoms with Gasteiger partial charge in [0.05, 0.1) is 25.0 Å². The molecule has 7 heteroatoms. The number of rotatable bonds is 5. The summed E-state index contributed by atoms with van der Waals surface area (Å²) in [5.74, 6) is 0.785. The molecule has 120 valence electrons. The molecule has 0 bridgehead atoms. The quantitative estimate of drug-likeness (QED) is 0.876. The van der Waals surface area contributed by atoms with Crippen molar-refractivity contribution >= 4 is 10.0 Å². The van der Waals surface area contributed by atoms with Gasteiger partial charge in [-0.3, -0.25) is 0 Å². The van der Waals surface area contributed by atoms with Crippen molar-refractivity contribution < 1.29 is 18.3 Å². The third-order valence-electron chi connectivity index (χ3n) is 3.86. The van der Waals surface area contributed by atoms with Crippen molar-refractivity contribution in [1.82, 2.24) is 4.31 Å². The third-order valence-corrected chi connectivity index (χ3v) is 5.17. The van der Waals surface area contributed by atoms with Gasteiger partial charge in [0.25, 0.3) is 0 Å². The molecule has 0 radical (unpaired) electrons. The van der Waals surface area contributed by atoms with Gasteiger partial charge in [-0.05, 0) is 36.5 Å². The molecule has 1 aromatic rings. The molecule has 0 amide bonds. The monoisotopic (exact) mass is 324 g/mol. The van der Waals surface area contributed by atoms with Crippen molar-refractivity contribution in [2.24, 2.45) is 5.92 Å². The molecule has 6 nitrogen and oxygen atoms in total. The Balaban J connectivity index is 1.91. The number of hydrogen-bond donors (Lipinski definition) is 1. The van der Waals surface area contributed by atoms with E-state index in [-0.39, 0.29) is 12.5 Å². The second-order valence-corrected chi connectivity index (χ2v) is 7.50. The minimum absolute atomic E-state index is 0.112. The second kappa shape index (κ2) is 7.09. The van der Waals surface area contributed by atoms with E-state index >= 15 is 0 Å². The molecule has 1 N–H and O–H groups in total. The Bertz CT molecular complexity index is 659. The Kier molecular flexibility index (Phi) is 5.40. The van der Waals surface area contributed by atoms with Gasteiger partial charge < -0.3 is 9.84 Å². The zero-order valence-corrected chi connectivity index (χ0v) is 13.3. The Morgan fingerprint density at radius 3 is 2.64 bits per heavy atom. The predicted octanol–water partition coefficient (Wildman–Crippen LogP) is 1.10. The average molecular weight is 324 g/mol. The van der Waals surface area contributed by atoms with Gasteiger partial charge in [0.2, 0.25) is 10.0 Å². The first kappa shape index (κ1) is 16.7. The minimum Gasteiger partial charge on any atom is -0.492 e. The molecule has 0 aromatic heterocycles. The fourth-order valence-electron chi connectivity index (χ4n) is 2.50. The lowest BCUT2D eigenvalue weighted by molar-refractivity contribution is 0.185. The van der Waals surface area contributed by atoms with E-state index in [4.69, 9.17) is 15.1 Å². The molecule has 0 unspecified atom stereocenters. The molecule has 0 saturated carbocycles. The van der Waals surface area contributed by atoms with Crippen LogP contribution in [-0.4, -0.2) is 43.8 Å². The van der Waals surface area contributed by atoms with Gasteiger partial charge >= 0.3 is 0 Å². The summed E-state index contributed by atoms with van der Waals surface area (Å²) in [5, 5.41) is 18.2. The zero-order valence-electron chi connectivity index (χ0n) is 12.5. The summed E-state index contributed by atoms with van der Waals surface area (Å²) in [7, 11) is -3.11. The molecule has 1 saturated heterocycles. The van der Waals surface area contributed by atoms with Crippen LogP contribution in [0.1, 0.15) is 24.0 Å². The molecule has 1 aliphatic rings. The molecule has 0 atom stereocenters. The van der Waals surface area contributed by atoms with E-state index in [1.807, 2.05) is 0 Å². The van der Waals surface area contributed by atoms with Crippen LogP contribution >= 0.6 is 0 Å². The van der Waals surface area contributed by atoms with Crippen molar-refractivity contribution in [1.29, 1.82) is 5.26 Å². The van der Waals surface area contributed by atoms with Gasteiger partial charge in [-0.15, -0.1) is 0 Å². The summed E-state index contributed by atoms with van der Waals surface area (Å²) in [6, 6.07) is 7.09. The van der Waals surface area contributed by atoms with Gasteiger partial charge in [0.1, 0.15) is 11.8 Å². The van der Waals surface area contributed by atoms with Crippen LogP contribution in [0, 0.1) is 17.2 Å². The Hall–Kier alpha value is -1.62. The van der Waals surface area contributed by atoms with Crippen molar-refractivity contribution in [2.75, 3.05) is 26.0 Å². The Labute approximate surface area is 131 Å². The third kappa shape index (κ3) is 4.19. The maximum absolute atomic E-state index is 11.5. The number of nitrogens with zero attached hydrogens (tertiary/aromatic N) is 2. The maximum Gasteiger partial charge on any atom is 0.211 e. The highest BCUT2D eigenvalue weighted by molar-refractivity contribution is 7.88. The van der Waals surface area contributed by atoms with Gasteiger partial charge in [-0.25, -0.2) is 12.7 Å². The van der Waals surface area contributed by atoms with Gasteiger partial charge in [0.15, 0.2) is 0 Å². The van der Waals surface area contributed by atoms with Crippen molar-refractivity contribution in [3.05, 3.63) is 29.3 Å². The number of hydrogen-bond acceptors (Lipinski definition) is 5. The molecular weight excluding hydrogens is 304 g/mol. The Morgan fingerprint density at radius 2 is 2.09 bits per heavy atom. The van der Waals surface area contributed by atoms with Crippen molar-refractivity contribution in [3.8, 4) is 11.8 Å². The summed E-state index contributed by atoms with van der Waals surface area (Å²) < 4.78 is 30.1. The number of aliphatic hydroxyl groups is 1. The van der Waals surface area contributed by atoms with Crippen molar-refractivity contribution in [2.45, 2.75) is 19.4 Å². The molecule has 1 fully saturated rings.